The van der Waals surface area contributed by atoms with Crippen LogP contribution in [0.4, 0.5) is 0 Å². The van der Waals surface area contributed by atoms with Crippen LogP contribution in [0.25, 0.3) is 0 Å². The summed E-state index contributed by atoms with van der Waals surface area (Å²) in [6, 6.07) is 0. The number of piperazine rings is 1. The second kappa shape index (κ2) is 10.1. The topological polar surface area (TPSA) is 60.4 Å². The number of guanidine groups is 1. The maximum Gasteiger partial charge on any atom is 0.236 e. The lowest BCUT2D eigenvalue weighted by Crippen LogP contribution is -2.54. The summed E-state index contributed by atoms with van der Waals surface area (Å²) < 4.78 is 5.68. The van der Waals surface area contributed by atoms with E-state index in [1.165, 1.54) is 12.8 Å². The summed E-state index contributed by atoms with van der Waals surface area (Å²) in [6.45, 7) is 11.4. The first kappa shape index (κ1) is 19.4. The Morgan fingerprint density at radius 2 is 1.81 bits per heavy atom. The van der Waals surface area contributed by atoms with Crippen molar-refractivity contribution < 1.29 is 9.53 Å². The zero-order valence-electron chi connectivity index (χ0n) is 16.3. The van der Waals surface area contributed by atoms with E-state index in [0.717, 1.165) is 77.1 Å². The maximum absolute atomic E-state index is 12.3. The van der Waals surface area contributed by atoms with Crippen molar-refractivity contribution in [2.45, 2.75) is 32.6 Å². The number of hydrogen-bond acceptors (Lipinski definition) is 4. The molecule has 148 valence electrons. The third kappa shape index (κ3) is 6.13. The van der Waals surface area contributed by atoms with Gasteiger partial charge in [-0.15, -0.1) is 0 Å². The van der Waals surface area contributed by atoms with Crippen molar-refractivity contribution in [2.24, 2.45) is 10.9 Å². The Balaban J connectivity index is 1.37. The molecule has 7 nitrogen and oxygen atoms in total. The smallest absolute Gasteiger partial charge is 0.236 e. The highest BCUT2D eigenvalue weighted by atomic mass is 16.5. The van der Waals surface area contributed by atoms with Crippen LogP contribution in [0.2, 0.25) is 0 Å². The maximum atomic E-state index is 12.3. The van der Waals surface area contributed by atoms with E-state index < -0.39 is 0 Å². The van der Waals surface area contributed by atoms with Crippen molar-refractivity contribution in [1.29, 1.82) is 0 Å². The number of ether oxygens (including phenoxy) is 1. The van der Waals surface area contributed by atoms with Gasteiger partial charge in [0.15, 0.2) is 5.96 Å². The van der Waals surface area contributed by atoms with E-state index in [9.17, 15) is 4.79 Å². The fourth-order valence-electron chi connectivity index (χ4n) is 3.55. The zero-order chi connectivity index (χ0) is 18.2. The van der Waals surface area contributed by atoms with Gasteiger partial charge in [-0.3, -0.25) is 14.7 Å². The number of carbonyl (C=O) groups is 1. The van der Waals surface area contributed by atoms with Gasteiger partial charge in [0.05, 0.1) is 19.7 Å². The van der Waals surface area contributed by atoms with Gasteiger partial charge in [0.25, 0.3) is 0 Å². The second-order valence-electron chi connectivity index (χ2n) is 7.61. The predicted octanol–water partition coefficient (Wildman–Crippen LogP) is 0.619. The number of rotatable bonds is 8. The quantitative estimate of drug-likeness (QED) is 0.388. The minimum absolute atomic E-state index is 0.296. The van der Waals surface area contributed by atoms with Gasteiger partial charge in [0.1, 0.15) is 0 Å². The number of nitrogens with one attached hydrogen (secondary N) is 1. The molecular weight excluding hydrogens is 330 g/mol. The predicted molar refractivity (Wildman–Crippen MR) is 103 cm³/mol. The molecule has 7 heteroatoms. The standard InChI is InChI=1S/C19H35N5O2/c1-2-20-19(21-7-14-26-16-17-5-6-17)24-12-10-22(11-13-24)15-18(25)23-8-3-4-9-23/h17H,2-16H2,1H3,(H,20,21). The molecule has 3 rings (SSSR count). The number of nitrogens with zero attached hydrogens (tertiary/aromatic N) is 4. The minimum atomic E-state index is 0.296. The van der Waals surface area contributed by atoms with E-state index >= 15 is 0 Å². The van der Waals surface area contributed by atoms with Gasteiger partial charge in [-0.2, -0.15) is 0 Å². The monoisotopic (exact) mass is 365 g/mol. The molecule has 0 atom stereocenters. The lowest BCUT2D eigenvalue weighted by atomic mass is 10.3. The highest BCUT2D eigenvalue weighted by Gasteiger charge is 2.24. The van der Waals surface area contributed by atoms with Crippen LogP contribution < -0.4 is 5.32 Å². The van der Waals surface area contributed by atoms with Crippen molar-refractivity contribution in [3.63, 3.8) is 0 Å². The molecule has 2 heterocycles. The molecule has 0 spiro atoms. The van der Waals surface area contributed by atoms with Gasteiger partial charge in [-0.25, -0.2) is 0 Å². The summed E-state index contributed by atoms with van der Waals surface area (Å²) in [7, 11) is 0. The summed E-state index contributed by atoms with van der Waals surface area (Å²) in [4.78, 5) is 23.6. The van der Waals surface area contributed by atoms with Gasteiger partial charge >= 0.3 is 0 Å². The molecule has 1 N–H and O–H groups in total. The number of amides is 1. The molecule has 0 radical (unpaired) electrons. The minimum Gasteiger partial charge on any atom is -0.379 e. The van der Waals surface area contributed by atoms with Crippen LogP contribution in [0.5, 0.6) is 0 Å². The fraction of sp³-hybridized carbons (Fsp3) is 0.895. The Morgan fingerprint density at radius 1 is 1.08 bits per heavy atom. The Morgan fingerprint density at radius 3 is 2.46 bits per heavy atom. The first-order valence-corrected chi connectivity index (χ1v) is 10.4. The molecule has 26 heavy (non-hydrogen) atoms. The van der Waals surface area contributed by atoms with Crippen molar-refractivity contribution in [3.8, 4) is 0 Å². The van der Waals surface area contributed by atoms with Crippen LogP contribution in [0.3, 0.4) is 0 Å². The second-order valence-corrected chi connectivity index (χ2v) is 7.61. The number of hydrogen-bond donors (Lipinski definition) is 1. The lowest BCUT2D eigenvalue weighted by molar-refractivity contribution is -0.131. The normalized spacial score (nSPS) is 22.1. The van der Waals surface area contributed by atoms with Crippen molar-refractivity contribution >= 4 is 11.9 Å². The molecule has 0 aromatic heterocycles. The summed E-state index contributed by atoms with van der Waals surface area (Å²) in [5, 5.41) is 3.39. The van der Waals surface area contributed by atoms with Crippen molar-refractivity contribution in [2.75, 3.05) is 72.1 Å². The number of likely N-dealkylation sites (tertiary alicyclic amines) is 1. The van der Waals surface area contributed by atoms with E-state index in [4.69, 9.17) is 9.73 Å². The highest BCUT2D eigenvalue weighted by Crippen LogP contribution is 2.28. The van der Waals surface area contributed by atoms with Gasteiger partial charge in [0, 0.05) is 52.4 Å². The van der Waals surface area contributed by atoms with Gasteiger partial charge in [-0.1, -0.05) is 0 Å². The third-order valence-electron chi connectivity index (χ3n) is 5.37. The Labute approximate surface area is 157 Å². The van der Waals surface area contributed by atoms with E-state index in [1.807, 2.05) is 4.90 Å². The van der Waals surface area contributed by atoms with Crippen molar-refractivity contribution in [1.82, 2.24) is 20.0 Å². The molecule has 3 aliphatic rings. The van der Waals surface area contributed by atoms with E-state index in [2.05, 4.69) is 22.0 Å². The van der Waals surface area contributed by atoms with Gasteiger partial charge in [-0.05, 0) is 38.5 Å². The van der Waals surface area contributed by atoms with Crippen LogP contribution in [-0.4, -0.2) is 98.7 Å². The Bertz CT molecular complexity index is 467. The van der Waals surface area contributed by atoms with Gasteiger partial charge < -0.3 is 19.9 Å². The van der Waals surface area contributed by atoms with E-state index in [0.29, 0.717) is 25.6 Å². The third-order valence-corrected chi connectivity index (χ3v) is 5.37. The average molecular weight is 366 g/mol. The van der Waals surface area contributed by atoms with Crippen LogP contribution in [-0.2, 0) is 9.53 Å². The summed E-state index contributed by atoms with van der Waals surface area (Å²) in [5.74, 6) is 2.08. The summed E-state index contributed by atoms with van der Waals surface area (Å²) in [5.41, 5.74) is 0. The average Bonchev–Trinajstić information content (AvgIpc) is 3.31. The fourth-order valence-corrected chi connectivity index (χ4v) is 3.55. The number of aliphatic imine (C=N–C) groups is 1. The first-order valence-electron chi connectivity index (χ1n) is 10.4. The van der Waals surface area contributed by atoms with Crippen LogP contribution in [0.1, 0.15) is 32.6 Å². The van der Waals surface area contributed by atoms with Crippen LogP contribution in [0, 0.1) is 5.92 Å². The molecule has 2 aliphatic heterocycles. The Kier molecular flexibility index (Phi) is 7.55. The summed E-state index contributed by atoms with van der Waals surface area (Å²) in [6.07, 6.45) is 4.98. The van der Waals surface area contributed by atoms with E-state index in [-0.39, 0.29) is 0 Å². The number of carbonyl (C=O) groups excluding carboxylic acids is 1. The lowest BCUT2D eigenvalue weighted by Gasteiger charge is -2.36. The molecular formula is C19H35N5O2. The van der Waals surface area contributed by atoms with Gasteiger partial charge in [0.2, 0.25) is 5.91 Å². The van der Waals surface area contributed by atoms with Crippen molar-refractivity contribution in [3.05, 3.63) is 0 Å². The molecule has 3 fully saturated rings. The molecule has 1 aliphatic carbocycles. The molecule has 0 bridgehead atoms. The molecule has 0 aromatic rings. The molecule has 1 saturated carbocycles. The molecule has 2 saturated heterocycles. The Hall–Kier alpha value is -1.34. The molecule has 0 aromatic carbocycles. The molecule has 1 amide bonds. The first-order chi connectivity index (χ1) is 12.8. The SMILES string of the molecule is CCNC(=NCCOCC1CC1)N1CCN(CC(=O)N2CCCC2)CC1. The van der Waals surface area contributed by atoms with Crippen LogP contribution >= 0.6 is 0 Å². The zero-order valence-corrected chi connectivity index (χ0v) is 16.3. The van der Waals surface area contributed by atoms with E-state index in [1.54, 1.807) is 0 Å². The highest BCUT2D eigenvalue weighted by molar-refractivity contribution is 5.80. The van der Waals surface area contributed by atoms with Crippen LogP contribution in [0.15, 0.2) is 4.99 Å². The molecule has 0 unspecified atom stereocenters. The summed E-state index contributed by atoms with van der Waals surface area (Å²) >= 11 is 0. The largest absolute Gasteiger partial charge is 0.379 e.